The predicted molar refractivity (Wildman–Crippen MR) is 92.9 cm³/mol. The van der Waals surface area contributed by atoms with E-state index in [1.165, 1.54) is 0 Å². The highest BCUT2D eigenvalue weighted by Gasteiger charge is 2.18. The van der Waals surface area contributed by atoms with Crippen LogP contribution in [0.5, 0.6) is 0 Å². The van der Waals surface area contributed by atoms with Gasteiger partial charge in [-0.2, -0.15) is 0 Å². The number of benzene rings is 1. The van der Waals surface area contributed by atoms with Crippen LogP contribution >= 0.6 is 0 Å². The maximum atomic E-state index is 11.0. The summed E-state index contributed by atoms with van der Waals surface area (Å²) >= 11 is 0. The van der Waals surface area contributed by atoms with E-state index in [1.54, 1.807) is 0 Å². The van der Waals surface area contributed by atoms with Gasteiger partial charge in [0, 0.05) is 11.9 Å². The van der Waals surface area contributed by atoms with Crippen LogP contribution in [-0.4, -0.2) is 48.8 Å². The van der Waals surface area contributed by atoms with Gasteiger partial charge >= 0.3 is 0 Å². The first-order valence-electron chi connectivity index (χ1n) is 8.55. The van der Waals surface area contributed by atoms with Crippen molar-refractivity contribution in [3.8, 4) is 0 Å². The van der Waals surface area contributed by atoms with Crippen LogP contribution in [0, 0.1) is 5.92 Å². The third-order valence-electron chi connectivity index (χ3n) is 4.79. The zero-order chi connectivity index (χ0) is 17.9. The van der Waals surface area contributed by atoms with Gasteiger partial charge in [-0.05, 0) is 25.3 Å². The Morgan fingerprint density at radius 3 is 1.96 bits per heavy atom. The van der Waals surface area contributed by atoms with Crippen molar-refractivity contribution in [2.75, 3.05) is 33.3 Å². The SMILES string of the molecule is CCC(C)C(C(=O)[O-])c1ccccc1.CC[N+](C)(CC)CCO.[Br-]. The van der Waals surface area contributed by atoms with Crippen LogP contribution < -0.4 is 22.1 Å². The molecule has 0 radical (unpaired) electrons. The second kappa shape index (κ2) is 13.4. The van der Waals surface area contributed by atoms with E-state index in [2.05, 4.69) is 20.9 Å². The number of hydrogen-bond donors (Lipinski definition) is 1. The van der Waals surface area contributed by atoms with Crippen molar-refractivity contribution in [2.45, 2.75) is 40.0 Å². The molecule has 0 heterocycles. The average Bonchev–Trinajstić information content (AvgIpc) is 2.56. The Balaban J connectivity index is 0. The van der Waals surface area contributed by atoms with Crippen molar-refractivity contribution >= 4 is 5.97 Å². The Kier molecular flexibility index (Phi) is 14.1. The first-order valence-corrected chi connectivity index (χ1v) is 8.55. The summed E-state index contributed by atoms with van der Waals surface area (Å²) in [7, 11) is 2.16. The van der Waals surface area contributed by atoms with E-state index >= 15 is 0 Å². The topological polar surface area (TPSA) is 60.4 Å². The Hall–Kier alpha value is -0.910. The second-order valence-electron chi connectivity index (χ2n) is 6.29. The average molecular weight is 403 g/mol. The molecule has 1 aromatic carbocycles. The third kappa shape index (κ3) is 8.81. The molecular formula is C19H33BrNO3-. The molecule has 5 heteroatoms. The van der Waals surface area contributed by atoms with Gasteiger partial charge in [0.25, 0.3) is 0 Å². The number of carbonyl (C=O) groups excluding carboxylic acids is 1. The number of rotatable bonds is 8. The van der Waals surface area contributed by atoms with Gasteiger partial charge in [0.15, 0.2) is 0 Å². The fourth-order valence-electron chi connectivity index (χ4n) is 2.37. The Morgan fingerprint density at radius 1 is 1.17 bits per heavy atom. The minimum Gasteiger partial charge on any atom is -1.00 e. The largest absolute Gasteiger partial charge is 1.00 e. The molecule has 140 valence electrons. The highest BCUT2D eigenvalue weighted by Crippen LogP contribution is 2.25. The fraction of sp³-hybridized carbons (Fsp3) is 0.632. The summed E-state index contributed by atoms with van der Waals surface area (Å²) in [6.07, 6.45) is 0.841. The van der Waals surface area contributed by atoms with Gasteiger partial charge in [-0.1, -0.05) is 50.6 Å². The second-order valence-corrected chi connectivity index (χ2v) is 6.29. The van der Waals surface area contributed by atoms with Gasteiger partial charge in [-0.3, -0.25) is 0 Å². The van der Waals surface area contributed by atoms with E-state index in [4.69, 9.17) is 5.11 Å². The summed E-state index contributed by atoms with van der Waals surface area (Å²) in [5.41, 5.74) is 0.835. The lowest BCUT2D eigenvalue weighted by molar-refractivity contribution is -0.906. The molecule has 4 nitrogen and oxygen atoms in total. The Bertz CT molecular complexity index is 435. The molecule has 0 fully saturated rings. The van der Waals surface area contributed by atoms with Crippen LogP contribution in [0.2, 0.25) is 0 Å². The van der Waals surface area contributed by atoms with Gasteiger partial charge in [0.2, 0.25) is 0 Å². The molecule has 0 aromatic heterocycles. The molecule has 1 N–H and O–H groups in total. The van der Waals surface area contributed by atoms with Crippen LogP contribution in [0.15, 0.2) is 30.3 Å². The van der Waals surface area contributed by atoms with Gasteiger partial charge in [-0.15, -0.1) is 0 Å². The molecular weight excluding hydrogens is 370 g/mol. The molecule has 1 aromatic rings. The first kappa shape index (κ1) is 25.3. The summed E-state index contributed by atoms with van der Waals surface area (Å²) in [4.78, 5) is 11.0. The summed E-state index contributed by atoms with van der Waals surface area (Å²) < 4.78 is 0.983. The van der Waals surface area contributed by atoms with Crippen molar-refractivity contribution in [3.63, 3.8) is 0 Å². The normalized spacial score (nSPS) is 13.1. The van der Waals surface area contributed by atoms with Crippen LogP contribution in [0.1, 0.15) is 45.6 Å². The number of carboxylic acid groups (broad SMARTS) is 1. The van der Waals surface area contributed by atoms with Gasteiger partial charge < -0.3 is 36.5 Å². The number of aliphatic hydroxyl groups excluding tert-OH is 1. The molecule has 0 amide bonds. The number of carbonyl (C=O) groups is 1. The van der Waals surface area contributed by atoms with Crippen molar-refractivity contribution < 1.29 is 36.5 Å². The number of likely N-dealkylation sites (N-methyl/N-ethyl adjacent to an activating group) is 1. The molecule has 0 bridgehead atoms. The molecule has 2 atom stereocenters. The molecule has 0 saturated carbocycles. The molecule has 0 spiro atoms. The maximum absolute atomic E-state index is 11.0. The van der Waals surface area contributed by atoms with Crippen LogP contribution in [0.3, 0.4) is 0 Å². The summed E-state index contributed by atoms with van der Waals surface area (Å²) in [6, 6.07) is 9.27. The van der Waals surface area contributed by atoms with Crippen molar-refractivity contribution in [3.05, 3.63) is 35.9 Å². The number of aliphatic carboxylic acids is 1. The number of quaternary nitrogens is 1. The summed E-state index contributed by atoms with van der Waals surface area (Å²) in [5.74, 6) is -1.35. The van der Waals surface area contributed by atoms with E-state index in [0.29, 0.717) is 6.61 Å². The van der Waals surface area contributed by atoms with Gasteiger partial charge in [0.05, 0.1) is 26.7 Å². The molecule has 0 aliphatic rings. The van der Waals surface area contributed by atoms with E-state index in [-0.39, 0.29) is 22.9 Å². The fourth-order valence-corrected chi connectivity index (χ4v) is 2.37. The monoisotopic (exact) mass is 402 g/mol. The van der Waals surface area contributed by atoms with Gasteiger partial charge in [-0.25, -0.2) is 0 Å². The minimum atomic E-state index is -0.981. The van der Waals surface area contributed by atoms with E-state index in [0.717, 1.165) is 36.1 Å². The van der Waals surface area contributed by atoms with Crippen LogP contribution in [0.25, 0.3) is 0 Å². The Labute approximate surface area is 157 Å². The summed E-state index contributed by atoms with van der Waals surface area (Å²) in [5, 5.41) is 19.6. The lowest BCUT2D eigenvalue weighted by atomic mass is 9.86. The van der Waals surface area contributed by atoms with Crippen molar-refractivity contribution in [1.82, 2.24) is 0 Å². The quantitative estimate of drug-likeness (QED) is 0.569. The number of nitrogens with zero attached hydrogens (tertiary/aromatic N) is 1. The van der Waals surface area contributed by atoms with Crippen molar-refractivity contribution in [1.29, 1.82) is 0 Å². The standard InChI is InChI=1S/C12H16O2.C7H18NO.BrH/c1-3-9(2)11(12(13)14)10-7-5-4-6-8-10;1-4-8(3,5-2)6-7-9;/h4-9,11H,3H2,1-2H3,(H,13,14);9H,4-7H2,1-3H3;1H/q;+1;/p-2. The first-order chi connectivity index (χ1) is 10.8. The van der Waals surface area contributed by atoms with E-state index in [9.17, 15) is 9.90 Å². The highest BCUT2D eigenvalue weighted by molar-refractivity contribution is 5.74. The molecule has 1 rings (SSSR count). The molecule has 0 aliphatic heterocycles. The van der Waals surface area contributed by atoms with Crippen LogP contribution in [0.4, 0.5) is 0 Å². The smallest absolute Gasteiger partial charge is 0.102 e. The number of halogens is 1. The Morgan fingerprint density at radius 2 is 1.67 bits per heavy atom. The molecule has 0 saturated heterocycles. The van der Waals surface area contributed by atoms with Crippen LogP contribution in [-0.2, 0) is 4.79 Å². The molecule has 2 unspecified atom stereocenters. The summed E-state index contributed by atoms with van der Waals surface area (Å²) in [6.45, 7) is 11.6. The van der Waals surface area contributed by atoms with E-state index < -0.39 is 11.9 Å². The van der Waals surface area contributed by atoms with Crippen molar-refractivity contribution in [2.24, 2.45) is 5.92 Å². The lowest BCUT2D eigenvalue weighted by Gasteiger charge is -2.31. The highest BCUT2D eigenvalue weighted by atomic mass is 79.9. The number of hydrogen-bond acceptors (Lipinski definition) is 3. The van der Waals surface area contributed by atoms with Gasteiger partial charge in [0.1, 0.15) is 6.54 Å². The van der Waals surface area contributed by atoms with E-state index in [1.807, 2.05) is 44.2 Å². The zero-order valence-electron chi connectivity index (χ0n) is 15.7. The maximum Gasteiger partial charge on any atom is 0.102 e. The molecule has 0 aliphatic carbocycles. The third-order valence-corrected chi connectivity index (χ3v) is 4.79. The molecule has 24 heavy (non-hydrogen) atoms. The number of aliphatic hydroxyl groups is 1. The zero-order valence-corrected chi connectivity index (χ0v) is 17.3. The predicted octanol–water partition coefficient (Wildman–Crippen LogP) is -0.965. The lowest BCUT2D eigenvalue weighted by Crippen LogP contribution is -3.00. The number of carboxylic acids is 1. The minimum absolute atomic E-state index is 0.